The summed E-state index contributed by atoms with van der Waals surface area (Å²) in [6, 6.07) is 9.27. The predicted molar refractivity (Wildman–Crippen MR) is 88.7 cm³/mol. The van der Waals surface area contributed by atoms with Crippen molar-refractivity contribution in [3.63, 3.8) is 0 Å². The standard InChI is InChI=1S/C17H14N4O4/c22-15(11-6-2-4-8-19-11)14(16(23)17(24)25)13-9-12(20-21-13)10-5-1-3-7-18-10/h1-8,13,21-22H,9H2,(H,24,25)/b15-14+. The van der Waals surface area contributed by atoms with Gasteiger partial charge in [-0.25, -0.2) is 4.79 Å². The number of carboxylic acids is 1. The Morgan fingerprint density at radius 2 is 1.76 bits per heavy atom. The molecule has 1 aliphatic rings. The maximum atomic E-state index is 12.1. The van der Waals surface area contributed by atoms with E-state index >= 15 is 0 Å². The van der Waals surface area contributed by atoms with Crippen LogP contribution in [0.15, 0.2) is 59.5 Å². The van der Waals surface area contributed by atoms with Crippen LogP contribution in [0.25, 0.3) is 5.76 Å². The van der Waals surface area contributed by atoms with Gasteiger partial charge < -0.3 is 15.6 Å². The molecule has 8 heteroatoms. The number of carboxylic acid groups (broad SMARTS) is 1. The number of hydrogen-bond donors (Lipinski definition) is 3. The normalized spacial score (nSPS) is 17.3. The molecule has 0 radical (unpaired) electrons. The summed E-state index contributed by atoms with van der Waals surface area (Å²) < 4.78 is 0. The van der Waals surface area contributed by atoms with Gasteiger partial charge in [-0.05, 0) is 24.3 Å². The molecule has 1 atom stereocenters. The fourth-order valence-electron chi connectivity index (χ4n) is 2.49. The minimum atomic E-state index is -1.66. The lowest BCUT2D eigenvalue weighted by atomic mass is 9.95. The van der Waals surface area contributed by atoms with Crippen LogP contribution in [0.1, 0.15) is 17.8 Å². The highest BCUT2D eigenvalue weighted by molar-refractivity contribution is 6.41. The van der Waals surface area contributed by atoms with Crippen LogP contribution in [0.2, 0.25) is 0 Å². The molecule has 0 aliphatic carbocycles. The first-order valence-corrected chi connectivity index (χ1v) is 7.43. The Balaban J connectivity index is 1.95. The Kier molecular flexibility index (Phi) is 4.51. The van der Waals surface area contributed by atoms with Crippen LogP contribution in [0, 0.1) is 0 Å². The Hall–Kier alpha value is -3.55. The van der Waals surface area contributed by atoms with E-state index in [2.05, 4.69) is 20.5 Å². The second-order valence-electron chi connectivity index (χ2n) is 5.27. The van der Waals surface area contributed by atoms with E-state index < -0.39 is 23.6 Å². The second-order valence-corrected chi connectivity index (χ2v) is 5.27. The highest BCUT2D eigenvalue weighted by Crippen LogP contribution is 2.23. The van der Waals surface area contributed by atoms with Crippen molar-refractivity contribution in [2.75, 3.05) is 0 Å². The maximum Gasteiger partial charge on any atom is 0.377 e. The number of aliphatic carboxylic acids is 1. The maximum absolute atomic E-state index is 12.1. The van der Waals surface area contributed by atoms with E-state index in [9.17, 15) is 14.7 Å². The molecule has 1 unspecified atom stereocenters. The van der Waals surface area contributed by atoms with Crippen molar-refractivity contribution in [2.24, 2.45) is 5.10 Å². The molecule has 1 aliphatic heterocycles. The Bertz CT molecular complexity index is 863. The lowest BCUT2D eigenvalue weighted by Crippen LogP contribution is -2.32. The van der Waals surface area contributed by atoms with E-state index in [-0.39, 0.29) is 17.7 Å². The van der Waals surface area contributed by atoms with Crippen molar-refractivity contribution in [1.29, 1.82) is 0 Å². The van der Waals surface area contributed by atoms with Crippen LogP contribution in [0.5, 0.6) is 0 Å². The van der Waals surface area contributed by atoms with Gasteiger partial charge >= 0.3 is 5.97 Å². The third-order valence-corrected chi connectivity index (χ3v) is 3.66. The Morgan fingerprint density at radius 3 is 2.36 bits per heavy atom. The number of rotatable bonds is 5. The number of ketones is 1. The topological polar surface area (TPSA) is 125 Å². The Morgan fingerprint density at radius 1 is 1.04 bits per heavy atom. The molecule has 25 heavy (non-hydrogen) atoms. The first-order chi connectivity index (χ1) is 12.1. The van der Waals surface area contributed by atoms with E-state index in [1.165, 1.54) is 12.3 Å². The van der Waals surface area contributed by atoms with Crippen molar-refractivity contribution >= 4 is 23.2 Å². The van der Waals surface area contributed by atoms with Crippen LogP contribution in [0.4, 0.5) is 0 Å². The van der Waals surface area contributed by atoms with E-state index in [1.54, 1.807) is 36.5 Å². The highest BCUT2D eigenvalue weighted by atomic mass is 16.4. The van der Waals surface area contributed by atoms with Gasteiger partial charge in [0.25, 0.3) is 5.78 Å². The fraction of sp³-hybridized carbons (Fsp3) is 0.118. The predicted octanol–water partition coefficient (Wildman–Crippen LogP) is 1.17. The molecule has 2 aromatic heterocycles. The largest absolute Gasteiger partial charge is 0.505 e. The molecule has 0 aromatic carbocycles. The summed E-state index contributed by atoms with van der Waals surface area (Å²) in [5, 5.41) is 23.7. The Labute approximate surface area is 142 Å². The summed E-state index contributed by atoms with van der Waals surface area (Å²) >= 11 is 0. The van der Waals surface area contributed by atoms with Crippen molar-refractivity contribution < 1.29 is 19.8 Å². The van der Waals surface area contributed by atoms with E-state index in [0.29, 0.717) is 11.4 Å². The average molecular weight is 338 g/mol. The minimum absolute atomic E-state index is 0.111. The molecular weight excluding hydrogens is 324 g/mol. The fourth-order valence-corrected chi connectivity index (χ4v) is 2.49. The van der Waals surface area contributed by atoms with Crippen molar-refractivity contribution in [1.82, 2.24) is 15.4 Å². The SMILES string of the molecule is O=C(O)C(=O)/C(=C(/O)c1ccccn1)C1CC(c2ccccn2)=NN1. The molecule has 0 amide bonds. The number of hydrogen-bond acceptors (Lipinski definition) is 7. The molecule has 126 valence electrons. The van der Waals surface area contributed by atoms with Gasteiger partial charge in [0.15, 0.2) is 5.76 Å². The molecule has 3 heterocycles. The van der Waals surface area contributed by atoms with Crippen LogP contribution < -0.4 is 5.43 Å². The summed E-state index contributed by atoms with van der Waals surface area (Å²) in [5.74, 6) is -3.35. The van der Waals surface area contributed by atoms with Gasteiger partial charge in [-0.15, -0.1) is 0 Å². The third-order valence-electron chi connectivity index (χ3n) is 3.66. The van der Waals surface area contributed by atoms with E-state index in [1.807, 2.05) is 0 Å². The zero-order valence-electron chi connectivity index (χ0n) is 13.0. The lowest BCUT2D eigenvalue weighted by Gasteiger charge is -2.14. The van der Waals surface area contributed by atoms with Crippen molar-refractivity contribution in [3.8, 4) is 0 Å². The third kappa shape index (κ3) is 3.37. The second kappa shape index (κ2) is 6.91. The number of aliphatic hydroxyl groups is 1. The number of nitrogens with zero attached hydrogens (tertiary/aromatic N) is 3. The summed E-state index contributed by atoms with van der Waals surface area (Å²) in [4.78, 5) is 31.5. The number of aliphatic hydroxyl groups excluding tert-OH is 1. The minimum Gasteiger partial charge on any atom is -0.505 e. The van der Waals surface area contributed by atoms with Gasteiger partial charge in [0.1, 0.15) is 5.69 Å². The summed E-state index contributed by atoms with van der Waals surface area (Å²) in [5.41, 5.74) is 3.70. The van der Waals surface area contributed by atoms with Crippen molar-refractivity contribution in [2.45, 2.75) is 12.5 Å². The smallest absolute Gasteiger partial charge is 0.377 e. The first-order valence-electron chi connectivity index (χ1n) is 7.43. The molecule has 3 N–H and O–H groups in total. The lowest BCUT2D eigenvalue weighted by molar-refractivity contribution is -0.147. The highest BCUT2D eigenvalue weighted by Gasteiger charge is 2.34. The van der Waals surface area contributed by atoms with E-state index in [4.69, 9.17) is 5.11 Å². The zero-order valence-corrected chi connectivity index (χ0v) is 13.0. The number of nitrogens with one attached hydrogen (secondary N) is 1. The van der Waals surface area contributed by atoms with Crippen LogP contribution in [0.3, 0.4) is 0 Å². The molecule has 0 fully saturated rings. The monoisotopic (exact) mass is 338 g/mol. The van der Waals surface area contributed by atoms with Crippen LogP contribution >= 0.6 is 0 Å². The van der Waals surface area contributed by atoms with Gasteiger partial charge in [-0.1, -0.05) is 12.1 Å². The number of carbonyl (C=O) groups is 2. The summed E-state index contributed by atoms with van der Waals surface area (Å²) in [6.07, 6.45) is 3.25. The molecule has 2 aromatic rings. The number of Topliss-reactive ketones (excluding diaryl/α,β-unsaturated/α-hetero) is 1. The number of carbonyl (C=O) groups excluding carboxylic acids is 1. The number of pyridine rings is 2. The van der Waals surface area contributed by atoms with Crippen LogP contribution in [-0.2, 0) is 9.59 Å². The molecule has 8 nitrogen and oxygen atoms in total. The summed E-state index contributed by atoms with van der Waals surface area (Å²) in [7, 11) is 0. The zero-order chi connectivity index (χ0) is 17.8. The summed E-state index contributed by atoms with van der Waals surface area (Å²) in [6.45, 7) is 0. The quantitative estimate of drug-likeness (QED) is 0.424. The van der Waals surface area contributed by atoms with Crippen molar-refractivity contribution in [3.05, 3.63) is 65.8 Å². The molecule has 3 rings (SSSR count). The number of aromatic nitrogens is 2. The molecule has 0 saturated heterocycles. The van der Waals surface area contributed by atoms with Gasteiger partial charge in [0, 0.05) is 18.8 Å². The molecular formula is C17H14N4O4. The molecule has 0 saturated carbocycles. The van der Waals surface area contributed by atoms with Crippen LogP contribution in [-0.4, -0.2) is 43.7 Å². The van der Waals surface area contributed by atoms with Gasteiger partial charge in [-0.2, -0.15) is 5.10 Å². The molecule has 0 spiro atoms. The van der Waals surface area contributed by atoms with Gasteiger partial charge in [0.05, 0.1) is 23.0 Å². The van der Waals surface area contributed by atoms with E-state index in [0.717, 1.165) is 0 Å². The molecule has 0 bridgehead atoms. The first kappa shape index (κ1) is 16.3. The van der Waals surface area contributed by atoms with Gasteiger partial charge in [0.2, 0.25) is 0 Å². The van der Waals surface area contributed by atoms with Gasteiger partial charge in [-0.3, -0.25) is 14.8 Å². The number of hydrazone groups is 1. The average Bonchev–Trinajstić information content (AvgIpc) is 3.13.